The van der Waals surface area contributed by atoms with Gasteiger partial charge >= 0.3 is 0 Å². The number of hydrogen-bond acceptors (Lipinski definition) is 1. The first-order valence-corrected chi connectivity index (χ1v) is 6.34. The molecule has 0 amide bonds. The molecule has 1 heteroatoms. The van der Waals surface area contributed by atoms with Crippen LogP contribution in [0.5, 0.6) is 0 Å². The first kappa shape index (κ1) is 11.2. The van der Waals surface area contributed by atoms with E-state index in [1.54, 1.807) is 0 Å². The van der Waals surface area contributed by atoms with Gasteiger partial charge in [0.15, 0.2) is 0 Å². The summed E-state index contributed by atoms with van der Waals surface area (Å²) in [7, 11) is 0. The van der Waals surface area contributed by atoms with Crippen molar-refractivity contribution in [2.75, 3.05) is 0 Å². The number of benzene rings is 2. The highest BCUT2D eigenvalue weighted by Gasteiger charge is 2.51. The van der Waals surface area contributed by atoms with Gasteiger partial charge in [-0.25, -0.2) is 0 Å². The largest absolute Gasteiger partial charge is 0.298 e. The van der Waals surface area contributed by atoms with E-state index in [2.05, 4.69) is 32.0 Å². The Bertz CT molecular complexity index is 598. The van der Waals surface area contributed by atoms with Gasteiger partial charge in [-0.1, -0.05) is 54.1 Å². The van der Waals surface area contributed by atoms with Gasteiger partial charge in [0, 0.05) is 0 Å². The van der Waals surface area contributed by atoms with Gasteiger partial charge in [0.25, 0.3) is 0 Å². The zero-order valence-corrected chi connectivity index (χ0v) is 10.7. The molecule has 90 valence electrons. The Morgan fingerprint density at radius 3 is 2.28 bits per heavy atom. The number of Topliss-reactive ketones (excluding diaryl/α,β-unsaturated/α-hetero) is 1. The topological polar surface area (TPSA) is 17.1 Å². The first-order chi connectivity index (χ1) is 8.68. The number of aryl methyl sites for hydroxylation is 2. The Hall–Kier alpha value is -1.89. The fourth-order valence-corrected chi connectivity index (χ4v) is 2.76. The molecule has 1 aliphatic rings. The minimum Gasteiger partial charge on any atom is -0.298 e. The zero-order chi connectivity index (χ0) is 12.7. The van der Waals surface area contributed by atoms with Gasteiger partial charge < -0.3 is 0 Å². The average molecular weight is 236 g/mol. The van der Waals surface area contributed by atoms with Crippen LogP contribution in [0.3, 0.4) is 0 Å². The molecule has 2 unspecified atom stereocenters. The summed E-state index contributed by atoms with van der Waals surface area (Å²) in [5, 5.41) is 0. The quantitative estimate of drug-likeness (QED) is 0.776. The maximum atomic E-state index is 12.1. The Balaban J connectivity index is 1.94. The number of ketones is 1. The lowest BCUT2D eigenvalue weighted by atomic mass is 9.99. The lowest BCUT2D eigenvalue weighted by molar-refractivity contribution is -0.110. The van der Waals surface area contributed by atoms with Crippen LogP contribution in [0.25, 0.3) is 0 Å². The summed E-state index contributed by atoms with van der Waals surface area (Å²) < 4.78 is 0. The second-order valence-electron chi connectivity index (χ2n) is 5.13. The molecule has 0 aromatic heterocycles. The summed E-state index contributed by atoms with van der Waals surface area (Å²) in [6.07, 6.45) is 0. The van der Waals surface area contributed by atoms with Crippen LogP contribution >= 0.6 is 0 Å². The Morgan fingerprint density at radius 1 is 0.889 bits per heavy atom. The summed E-state index contributed by atoms with van der Waals surface area (Å²) in [6, 6.07) is 16.4. The molecular weight excluding hydrogens is 220 g/mol. The number of rotatable bonds is 2. The molecule has 2 aromatic rings. The van der Waals surface area contributed by atoms with Crippen molar-refractivity contribution in [3.63, 3.8) is 0 Å². The highest BCUT2D eigenvalue weighted by atomic mass is 16.1. The van der Waals surface area contributed by atoms with E-state index in [0.29, 0.717) is 5.78 Å². The summed E-state index contributed by atoms with van der Waals surface area (Å²) in [5.74, 6) is 0.508. The van der Waals surface area contributed by atoms with Crippen LogP contribution in [0, 0.1) is 13.8 Å². The van der Waals surface area contributed by atoms with E-state index < -0.39 is 0 Å². The molecule has 0 heterocycles. The number of carbonyl (C=O) groups excluding carboxylic acids is 1. The third kappa shape index (κ3) is 1.76. The Kier molecular flexibility index (Phi) is 2.55. The minimum atomic E-state index is 0.0765. The number of hydrogen-bond donors (Lipinski definition) is 0. The van der Waals surface area contributed by atoms with Crippen molar-refractivity contribution in [1.29, 1.82) is 0 Å². The molecule has 1 aliphatic carbocycles. The van der Waals surface area contributed by atoms with Crippen molar-refractivity contribution in [3.05, 3.63) is 70.8 Å². The van der Waals surface area contributed by atoms with Crippen LogP contribution in [0.1, 0.15) is 34.1 Å². The van der Waals surface area contributed by atoms with Crippen molar-refractivity contribution >= 4 is 5.78 Å². The molecule has 1 nitrogen and oxygen atoms in total. The molecule has 2 atom stereocenters. The molecule has 1 fully saturated rings. The van der Waals surface area contributed by atoms with E-state index in [0.717, 1.165) is 5.56 Å². The van der Waals surface area contributed by atoms with Crippen LogP contribution in [0.2, 0.25) is 0 Å². The highest BCUT2D eigenvalue weighted by Crippen LogP contribution is 2.51. The van der Waals surface area contributed by atoms with Gasteiger partial charge in [0.2, 0.25) is 0 Å². The maximum Gasteiger partial charge on any atom is 0.149 e. The van der Waals surface area contributed by atoms with Gasteiger partial charge in [-0.3, -0.25) is 4.79 Å². The zero-order valence-electron chi connectivity index (χ0n) is 10.7. The lowest BCUT2D eigenvalue weighted by Gasteiger charge is -2.05. The van der Waals surface area contributed by atoms with E-state index in [4.69, 9.17) is 0 Å². The van der Waals surface area contributed by atoms with Crippen molar-refractivity contribution in [3.8, 4) is 0 Å². The van der Waals surface area contributed by atoms with Gasteiger partial charge in [-0.2, -0.15) is 0 Å². The monoisotopic (exact) mass is 236 g/mol. The van der Waals surface area contributed by atoms with Crippen LogP contribution in [-0.2, 0) is 4.79 Å². The molecule has 2 aromatic carbocycles. The molecule has 0 saturated heterocycles. The van der Waals surface area contributed by atoms with E-state index >= 15 is 0 Å². The fourth-order valence-electron chi connectivity index (χ4n) is 2.76. The molecule has 1 saturated carbocycles. The average Bonchev–Trinajstić information content (AvgIpc) is 3.02. The minimum absolute atomic E-state index is 0.0765. The smallest absolute Gasteiger partial charge is 0.149 e. The lowest BCUT2D eigenvalue weighted by Crippen LogP contribution is -1.89. The van der Waals surface area contributed by atoms with E-state index in [-0.39, 0.29) is 11.8 Å². The van der Waals surface area contributed by atoms with Crippen LogP contribution < -0.4 is 0 Å². The first-order valence-electron chi connectivity index (χ1n) is 6.34. The Labute approximate surface area is 107 Å². The van der Waals surface area contributed by atoms with Gasteiger partial charge in [0.05, 0.1) is 11.8 Å². The third-order valence-corrected chi connectivity index (χ3v) is 3.76. The molecular formula is C17H16O. The van der Waals surface area contributed by atoms with Crippen LogP contribution in [0.4, 0.5) is 0 Å². The summed E-state index contributed by atoms with van der Waals surface area (Å²) in [5.41, 5.74) is 4.82. The standard InChI is InChI=1S/C17H16O/c1-11-8-9-14(12(2)10-11)16-15(17(16)18)13-6-4-3-5-7-13/h3-10,15-16H,1-2H3. The molecule has 18 heavy (non-hydrogen) atoms. The predicted molar refractivity (Wildman–Crippen MR) is 72.8 cm³/mol. The van der Waals surface area contributed by atoms with Gasteiger partial charge in [-0.15, -0.1) is 0 Å². The second kappa shape index (κ2) is 4.09. The molecule has 0 radical (unpaired) electrons. The molecule has 3 rings (SSSR count). The third-order valence-electron chi connectivity index (χ3n) is 3.76. The summed E-state index contributed by atoms with van der Waals surface area (Å²) in [6.45, 7) is 4.18. The van der Waals surface area contributed by atoms with Gasteiger partial charge in [0.1, 0.15) is 5.78 Å². The molecule has 0 spiro atoms. The predicted octanol–water partition coefficient (Wildman–Crippen LogP) is 3.75. The van der Waals surface area contributed by atoms with Crippen molar-refractivity contribution in [2.24, 2.45) is 0 Å². The normalized spacial score (nSPS) is 22.0. The second-order valence-corrected chi connectivity index (χ2v) is 5.13. The van der Waals surface area contributed by atoms with E-state index in [9.17, 15) is 4.79 Å². The van der Waals surface area contributed by atoms with E-state index in [1.807, 2.05) is 30.3 Å². The number of carbonyl (C=O) groups is 1. The summed E-state index contributed by atoms with van der Waals surface area (Å²) in [4.78, 5) is 12.1. The fraction of sp³-hybridized carbons (Fsp3) is 0.235. The van der Waals surface area contributed by atoms with Crippen molar-refractivity contribution in [1.82, 2.24) is 0 Å². The van der Waals surface area contributed by atoms with Gasteiger partial charge in [-0.05, 0) is 30.5 Å². The maximum absolute atomic E-state index is 12.1. The van der Waals surface area contributed by atoms with E-state index in [1.165, 1.54) is 16.7 Å². The Morgan fingerprint density at radius 2 is 1.61 bits per heavy atom. The summed E-state index contributed by atoms with van der Waals surface area (Å²) >= 11 is 0. The van der Waals surface area contributed by atoms with Crippen LogP contribution in [-0.4, -0.2) is 5.78 Å². The molecule has 0 bridgehead atoms. The molecule has 0 aliphatic heterocycles. The SMILES string of the molecule is Cc1ccc(C2C(=O)C2c2ccccc2)c(C)c1. The van der Waals surface area contributed by atoms with Crippen molar-refractivity contribution in [2.45, 2.75) is 25.7 Å². The highest BCUT2D eigenvalue weighted by molar-refractivity contribution is 6.09. The molecule has 0 N–H and O–H groups in total. The van der Waals surface area contributed by atoms with Crippen molar-refractivity contribution < 1.29 is 4.79 Å². The van der Waals surface area contributed by atoms with Crippen LogP contribution in [0.15, 0.2) is 48.5 Å².